The van der Waals surface area contributed by atoms with Crippen LogP contribution in [0.1, 0.15) is 31.9 Å². The van der Waals surface area contributed by atoms with Gasteiger partial charge in [-0.25, -0.2) is 4.79 Å². The molecule has 34 heavy (non-hydrogen) atoms. The Morgan fingerprint density at radius 3 is 2.65 bits per heavy atom. The summed E-state index contributed by atoms with van der Waals surface area (Å²) in [5.74, 6) is 0.196. The fraction of sp³-hybridized carbons (Fsp3) is 0.154. The highest BCUT2D eigenvalue weighted by molar-refractivity contribution is 7.15. The van der Waals surface area contributed by atoms with Crippen molar-refractivity contribution in [2.75, 3.05) is 7.11 Å². The Labute approximate surface area is 200 Å². The number of nitrogens with zero attached hydrogens (tertiary/aromatic N) is 1. The lowest BCUT2D eigenvalue weighted by Gasteiger charge is -2.12. The summed E-state index contributed by atoms with van der Waals surface area (Å²) < 4.78 is 6.78. The van der Waals surface area contributed by atoms with Crippen LogP contribution in [0.5, 0.6) is 5.75 Å². The second-order valence-electron chi connectivity index (χ2n) is 7.68. The van der Waals surface area contributed by atoms with E-state index in [-0.39, 0.29) is 24.7 Å². The van der Waals surface area contributed by atoms with Gasteiger partial charge >= 0.3 is 5.69 Å². The van der Waals surface area contributed by atoms with E-state index >= 15 is 0 Å². The van der Waals surface area contributed by atoms with Crippen LogP contribution in [0.4, 0.5) is 0 Å². The predicted molar refractivity (Wildman–Crippen MR) is 133 cm³/mol. The Morgan fingerprint density at radius 2 is 1.97 bits per heavy atom. The normalized spacial score (nSPS) is 11.3. The number of aryl methyl sites for hydroxylation is 1. The topological polar surface area (TPSA) is 105 Å². The van der Waals surface area contributed by atoms with Crippen molar-refractivity contribution >= 4 is 23.2 Å². The monoisotopic (exact) mass is 476 g/mol. The van der Waals surface area contributed by atoms with Crippen LogP contribution < -0.4 is 10.4 Å². The SMILES string of the molecule is COc1cc(/C=C/C(=O)c2cccc(-n3cc(-c4ccc(C)s4)[nH]c3=O)c2)cc(CO)c1CO. The quantitative estimate of drug-likeness (QED) is 0.262. The molecule has 0 fully saturated rings. The first-order chi connectivity index (χ1) is 16.4. The average Bonchev–Trinajstić information content (AvgIpc) is 3.47. The smallest absolute Gasteiger partial charge is 0.330 e. The molecule has 2 aromatic heterocycles. The van der Waals surface area contributed by atoms with Gasteiger partial charge in [0.05, 0.1) is 36.6 Å². The number of allylic oxidation sites excluding steroid dienone is 1. The maximum Gasteiger partial charge on any atom is 0.330 e. The number of nitrogens with one attached hydrogen (secondary N) is 1. The average molecular weight is 477 g/mol. The van der Waals surface area contributed by atoms with E-state index in [4.69, 9.17) is 4.74 Å². The van der Waals surface area contributed by atoms with Crippen molar-refractivity contribution in [3.63, 3.8) is 0 Å². The number of aliphatic hydroxyl groups excluding tert-OH is 2. The summed E-state index contributed by atoms with van der Waals surface area (Å²) in [5.41, 5.74) is 3.14. The number of H-pyrrole nitrogens is 1. The Balaban J connectivity index is 1.60. The minimum Gasteiger partial charge on any atom is -0.496 e. The van der Waals surface area contributed by atoms with Crippen LogP contribution >= 0.6 is 11.3 Å². The number of carbonyl (C=O) groups excluding carboxylic acids is 1. The van der Waals surface area contributed by atoms with Gasteiger partial charge < -0.3 is 19.9 Å². The zero-order chi connectivity index (χ0) is 24.2. The highest BCUT2D eigenvalue weighted by Gasteiger charge is 2.12. The van der Waals surface area contributed by atoms with Gasteiger partial charge in [0.15, 0.2) is 5.78 Å². The third-order valence-electron chi connectivity index (χ3n) is 5.43. The highest BCUT2D eigenvalue weighted by atomic mass is 32.1. The number of rotatable bonds is 8. The number of carbonyl (C=O) groups is 1. The molecule has 0 amide bonds. The van der Waals surface area contributed by atoms with Crippen molar-refractivity contribution in [2.45, 2.75) is 20.1 Å². The third-order valence-corrected chi connectivity index (χ3v) is 6.47. The van der Waals surface area contributed by atoms with Gasteiger partial charge in [0.1, 0.15) is 5.75 Å². The van der Waals surface area contributed by atoms with Gasteiger partial charge in [0, 0.05) is 22.2 Å². The first-order valence-electron chi connectivity index (χ1n) is 10.6. The summed E-state index contributed by atoms with van der Waals surface area (Å²) in [6, 6.07) is 14.2. The van der Waals surface area contributed by atoms with Crippen LogP contribution in [0.25, 0.3) is 22.3 Å². The van der Waals surface area contributed by atoms with Gasteiger partial charge in [-0.1, -0.05) is 18.2 Å². The number of aliphatic hydroxyl groups is 2. The van der Waals surface area contributed by atoms with E-state index in [0.717, 1.165) is 15.4 Å². The molecule has 0 unspecified atom stereocenters. The largest absolute Gasteiger partial charge is 0.496 e. The lowest BCUT2D eigenvalue weighted by Crippen LogP contribution is -2.14. The van der Waals surface area contributed by atoms with Crippen LogP contribution in [-0.4, -0.2) is 32.7 Å². The second kappa shape index (κ2) is 10.0. The minimum absolute atomic E-state index is 0.240. The number of aromatic amines is 1. The van der Waals surface area contributed by atoms with Crippen molar-refractivity contribution < 1.29 is 19.7 Å². The van der Waals surface area contributed by atoms with Crippen molar-refractivity contribution in [1.29, 1.82) is 0 Å². The van der Waals surface area contributed by atoms with Crippen molar-refractivity contribution in [2.24, 2.45) is 0 Å². The Kier molecular flexibility index (Phi) is 6.93. The molecule has 4 aromatic rings. The van der Waals surface area contributed by atoms with Crippen molar-refractivity contribution in [3.05, 3.63) is 98.4 Å². The van der Waals surface area contributed by atoms with Gasteiger partial charge in [-0.2, -0.15) is 0 Å². The zero-order valence-electron chi connectivity index (χ0n) is 18.7. The summed E-state index contributed by atoms with van der Waals surface area (Å²) >= 11 is 1.59. The number of aromatic nitrogens is 2. The number of hydrogen-bond donors (Lipinski definition) is 3. The van der Waals surface area contributed by atoms with Gasteiger partial charge in [0.2, 0.25) is 0 Å². The number of ether oxygens (including phenoxy) is 1. The first kappa shape index (κ1) is 23.4. The van der Waals surface area contributed by atoms with Crippen molar-refractivity contribution in [3.8, 4) is 22.0 Å². The van der Waals surface area contributed by atoms with E-state index in [2.05, 4.69) is 4.98 Å². The molecular weight excluding hydrogens is 452 g/mol. The first-order valence-corrected chi connectivity index (χ1v) is 11.4. The van der Waals surface area contributed by atoms with Gasteiger partial charge in [-0.3, -0.25) is 9.36 Å². The molecule has 0 radical (unpaired) electrons. The summed E-state index contributed by atoms with van der Waals surface area (Å²) in [4.78, 5) is 30.4. The Hall–Kier alpha value is -3.72. The molecule has 2 aromatic carbocycles. The van der Waals surface area contributed by atoms with E-state index in [1.54, 1.807) is 60.0 Å². The maximum absolute atomic E-state index is 12.8. The fourth-order valence-corrected chi connectivity index (χ4v) is 4.53. The maximum atomic E-state index is 12.8. The third kappa shape index (κ3) is 4.79. The molecule has 0 atom stereocenters. The Morgan fingerprint density at radius 1 is 1.15 bits per heavy atom. The summed E-state index contributed by atoms with van der Waals surface area (Å²) in [7, 11) is 1.48. The molecule has 4 rings (SSSR count). The number of methoxy groups -OCH3 is 1. The summed E-state index contributed by atoms with van der Waals surface area (Å²) in [6.07, 6.45) is 4.78. The number of ketones is 1. The predicted octanol–water partition coefficient (Wildman–Crippen LogP) is 4.09. The van der Waals surface area contributed by atoms with E-state index in [0.29, 0.717) is 33.7 Å². The number of thiophene rings is 1. The molecule has 8 heteroatoms. The summed E-state index contributed by atoms with van der Waals surface area (Å²) in [5, 5.41) is 19.1. The van der Waals surface area contributed by atoms with Crippen LogP contribution in [0.2, 0.25) is 0 Å². The fourth-order valence-electron chi connectivity index (χ4n) is 3.69. The van der Waals surface area contributed by atoms with Crippen LogP contribution in [0.15, 0.2) is 65.6 Å². The number of imidazole rings is 1. The second-order valence-corrected chi connectivity index (χ2v) is 8.97. The molecule has 0 saturated heterocycles. The minimum atomic E-state index is -0.284. The molecule has 2 heterocycles. The lowest BCUT2D eigenvalue weighted by molar-refractivity contribution is 0.104. The molecular formula is C26H24N2O5S. The van der Waals surface area contributed by atoms with Crippen LogP contribution in [0, 0.1) is 6.92 Å². The summed E-state index contributed by atoms with van der Waals surface area (Å²) in [6.45, 7) is 1.48. The molecule has 0 saturated carbocycles. The molecule has 174 valence electrons. The van der Waals surface area contributed by atoms with E-state index in [9.17, 15) is 19.8 Å². The van der Waals surface area contributed by atoms with Crippen LogP contribution in [-0.2, 0) is 13.2 Å². The van der Waals surface area contributed by atoms with E-state index in [1.165, 1.54) is 17.8 Å². The van der Waals surface area contributed by atoms with E-state index < -0.39 is 0 Å². The molecule has 0 bridgehead atoms. The van der Waals surface area contributed by atoms with E-state index in [1.807, 2.05) is 19.1 Å². The number of hydrogen-bond acceptors (Lipinski definition) is 6. The van der Waals surface area contributed by atoms with Crippen molar-refractivity contribution in [1.82, 2.24) is 9.55 Å². The van der Waals surface area contributed by atoms with Gasteiger partial charge in [-0.15, -0.1) is 11.3 Å². The molecule has 7 nitrogen and oxygen atoms in total. The van der Waals surface area contributed by atoms with Gasteiger partial charge in [0.25, 0.3) is 0 Å². The zero-order valence-corrected chi connectivity index (χ0v) is 19.6. The molecule has 0 aliphatic rings. The lowest BCUT2D eigenvalue weighted by atomic mass is 10.0. The standard InChI is InChI=1S/C26H24N2O5S/c1-16-6-9-25(34-16)22-13-28(26(32)27-22)20-5-3-4-18(12-20)23(31)8-7-17-10-19(14-29)21(15-30)24(11-17)33-2/h3-13,29-30H,14-15H2,1-2H3,(H,27,32)/b8-7+. The van der Waals surface area contributed by atoms with Crippen LogP contribution in [0.3, 0.4) is 0 Å². The molecule has 0 aliphatic heterocycles. The molecule has 0 aliphatic carbocycles. The molecule has 0 spiro atoms. The molecule has 3 N–H and O–H groups in total. The number of benzene rings is 2. The van der Waals surface area contributed by atoms with Gasteiger partial charge in [-0.05, 0) is 60.5 Å². The highest BCUT2D eigenvalue weighted by Crippen LogP contribution is 2.27. The Bertz CT molecular complexity index is 1400.